The molecular weight excluding hydrogens is 323 g/mol. The highest BCUT2D eigenvalue weighted by Gasteiger charge is 2.18. The summed E-state index contributed by atoms with van der Waals surface area (Å²) in [5.74, 6) is 0.0215. The normalized spacial score (nSPS) is 11.4. The van der Waals surface area contributed by atoms with E-state index in [-0.39, 0.29) is 11.7 Å². The minimum atomic E-state index is -0.250. The van der Waals surface area contributed by atoms with Crippen LogP contribution in [0.3, 0.4) is 0 Å². The molecule has 1 amide bonds. The summed E-state index contributed by atoms with van der Waals surface area (Å²) in [6, 6.07) is 10.7. The number of hydrogen-bond acceptors (Lipinski definition) is 2. The van der Waals surface area contributed by atoms with E-state index < -0.39 is 0 Å². The molecule has 0 aliphatic heterocycles. The summed E-state index contributed by atoms with van der Waals surface area (Å²) < 4.78 is 17.0. The summed E-state index contributed by atoms with van der Waals surface area (Å²) in [5.41, 5.74) is 2.15. The third-order valence-electron chi connectivity index (χ3n) is 3.90. The van der Waals surface area contributed by atoms with E-state index in [9.17, 15) is 9.18 Å². The molecule has 2 heterocycles. The van der Waals surface area contributed by atoms with Gasteiger partial charge < -0.3 is 9.88 Å². The van der Waals surface area contributed by atoms with Crippen LogP contribution in [-0.4, -0.2) is 17.0 Å². The Labute approximate surface area is 145 Å². The highest BCUT2D eigenvalue weighted by atomic mass is 32.1. The first kappa shape index (κ1) is 16.7. The van der Waals surface area contributed by atoms with Gasteiger partial charge in [0, 0.05) is 17.0 Å². The van der Waals surface area contributed by atoms with E-state index in [0.717, 1.165) is 10.2 Å². The van der Waals surface area contributed by atoms with Crippen molar-refractivity contribution in [2.75, 3.05) is 6.54 Å². The van der Waals surface area contributed by atoms with E-state index in [1.165, 1.54) is 10.9 Å². The summed E-state index contributed by atoms with van der Waals surface area (Å²) in [5, 5.41) is 2.96. The van der Waals surface area contributed by atoms with Crippen molar-refractivity contribution in [3.63, 3.8) is 0 Å². The molecule has 0 bridgehead atoms. The zero-order valence-corrected chi connectivity index (χ0v) is 14.9. The van der Waals surface area contributed by atoms with Crippen molar-refractivity contribution in [3.8, 4) is 0 Å². The number of aromatic nitrogens is 1. The molecule has 1 N–H and O–H groups in total. The van der Waals surface area contributed by atoms with Crippen LogP contribution >= 0.6 is 11.3 Å². The molecule has 24 heavy (non-hydrogen) atoms. The van der Waals surface area contributed by atoms with E-state index >= 15 is 0 Å². The van der Waals surface area contributed by atoms with Gasteiger partial charge in [0.25, 0.3) is 5.91 Å². The molecule has 0 aliphatic carbocycles. The number of hydrogen-bond donors (Lipinski definition) is 1. The average molecular weight is 344 g/mol. The summed E-state index contributed by atoms with van der Waals surface area (Å²) in [7, 11) is 0. The number of nitrogens with one attached hydrogen (secondary N) is 1. The zero-order chi connectivity index (χ0) is 17.3. The number of aryl methyl sites for hydroxylation is 1. The van der Waals surface area contributed by atoms with Crippen LogP contribution in [0.4, 0.5) is 4.39 Å². The molecule has 0 fully saturated rings. The lowest BCUT2D eigenvalue weighted by Gasteiger charge is -2.12. The Balaban J connectivity index is 2.01. The lowest BCUT2D eigenvalue weighted by molar-refractivity contribution is 0.0940. The molecule has 3 rings (SSSR count). The Morgan fingerprint density at radius 2 is 2.04 bits per heavy atom. The van der Waals surface area contributed by atoms with Crippen LogP contribution in [0.15, 0.2) is 36.4 Å². The molecule has 0 unspecified atom stereocenters. The van der Waals surface area contributed by atoms with Crippen molar-refractivity contribution in [3.05, 3.63) is 58.3 Å². The summed E-state index contributed by atoms with van der Waals surface area (Å²) in [6.07, 6.45) is 0. The number of carbonyl (C=O) groups is 1. The second-order valence-electron chi connectivity index (χ2n) is 6.42. The second-order valence-corrected chi connectivity index (χ2v) is 7.71. The zero-order valence-electron chi connectivity index (χ0n) is 14.1. The molecule has 0 atom stereocenters. The smallest absolute Gasteiger partial charge is 0.267 e. The first-order chi connectivity index (χ1) is 11.5. The fourth-order valence-corrected chi connectivity index (χ4v) is 3.67. The molecule has 0 saturated carbocycles. The number of amides is 1. The van der Waals surface area contributed by atoms with Crippen molar-refractivity contribution in [1.29, 1.82) is 0 Å². The number of halogens is 1. The van der Waals surface area contributed by atoms with Crippen molar-refractivity contribution in [1.82, 2.24) is 9.88 Å². The summed E-state index contributed by atoms with van der Waals surface area (Å²) in [4.78, 5) is 13.8. The van der Waals surface area contributed by atoms with Gasteiger partial charge in [-0.1, -0.05) is 32.0 Å². The van der Waals surface area contributed by atoms with Gasteiger partial charge in [-0.2, -0.15) is 0 Å². The number of carbonyl (C=O) groups excluding carboxylic acids is 1. The molecule has 0 radical (unpaired) electrons. The van der Waals surface area contributed by atoms with Gasteiger partial charge >= 0.3 is 0 Å². The quantitative estimate of drug-likeness (QED) is 0.722. The van der Waals surface area contributed by atoms with E-state index in [2.05, 4.69) is 25.2 Å². The maximum absolute atomic E-state index is 14.1. The van der Waals surface area contributed by atoms with E-state index in [1.807, 2.05) is 23.6 Å². The predicted octanol–water partition coefficient (Wildman–Crippen LogP) is 4.58. The summed E-state index contributed by atoms with van der Waals surface area (Å²) >= 11 is 1.65. The van der Waals surface area contributed by atoms with Gasteiger partial charge in [0.05, 0.1) is 16.8 Å². The van der Waals surface area contributed by atoms with Gasteiger partial charge in [0.1, 0.15) is 11.5 Å². The van der Waals surface area contributed by atoms with Gasteiger partial charge in [-0.3, -0.25) is 4.79 Å². The van der Waals surface area contributed by atoms with Crippen LogP contribution in [0.5, 0.6) is 0 Å². The first-order valence-corrected chi connectivity index (χ1v) is 8.88. The molecular formula is C19H21FN2OS. The molecule has 0 saturated heterocycles. The van der Waals surface area contributed by atoms with E-state index in [0.29, 0.717) is 30.3 Å². The highest BCUT2D eigenvalue weighted by Crippen LogP contribution is 2.29. The van der Waals surface area contributed by atoms with Crippen LogP contribution in [0.2, 0.25) is 0 Å². The SMILES string of the molecule is Cc1cc2c(cc(C(=O)NCC(C)C)n2Cc2ccccc2F)s1. The lowest BCUT2D eigenvalue weighted by Crippen LogP contribution is -2.29. The monoisotopic (exact) mass is 344 g/mol. The molecule has 2 aromatic heterocycles. The molecule has 0 aliphatic rings. The van der Waals surface area contributed by atoms with E-state index in [4.69, 9.17) is 0 Å². The maximum atomic E-state index is 14.1. The van der Waals surface area contributed by atoms with Gasteiger partial charge in [0.15, 0.2) is 0 Å². The Morgan fingerprint density at radius 3 is 2.75 bits per heavy atom. The summed E-state index contributed by atoms with van der Waals surface area (Å²) in [6.45, 7) is 7.12. The van der Waals surface area contributed by atoms with Crippen molar-refractivity contribution in [2.24, 2.45) is 5.92 Å². The van der Waals surface area contributed by atoms with Crippen LogP contribution in [0.1, 0.15) is 34.8 Å². The van der Waals surface area contributed by atoms with Crippen LogP contribution in [-0.2, 0) is 6.54 Å². The number of nitrogens with zero attached hydrogens (tertiary/aromatic N) is 1. The molecule has 126 valence electrons. The van der Waals surface area contributed by atoms with Crippen LogP contribution < -0.4 is 5.32 Å². The minimum Gasteiger partial charge on any atom is -0.351 e. The lowest BCUT2D eigenvalue weighted by atomic mass is 10.2. The van der Waals surface area contributed by atoms with Crippen LogP contribution in [0.25, 0.3) is 10.2 Å². The number of thiophene rings is 1. The molecule has 5 heteroatoms. The fraction of sp³-hybridized carbons (Fsp3) is 0.316. The van der Waals surface area contributed by atoms with E-state index in [1.54, 1.807) is 23.5 Å². The largest absolute Gasteiger partial charge is 0.351 e. The molecule has 3 nitrogen and oxygen atoms in total. The van der Waals surface area contributed by atoms with Crippen molar-refractivity contribution >= 4 is 27.5 Å². The Kier molecular flexibility index (Phi) is 4.71. The second kappa shape index (κ2) is 6.77. The predicted molar refractivity (Wildman–Crippen MR) is 97.2 cm³/mol. The van der Waals surface area contributed by atoms with Crippen molar-refractivity contribution < 1.29 is 9.18 Å². The van der Waals surface area contributed by atoms with Gasteiger partial charge in [-0.25, -0.2) is 4.39 Å². The minimum absolute atomic E-state index is 0.110. The third-order valence-corrected chi connectivity index (χ3v) is 4.89. The van der Waals surface area contributed by atoms with Gasteiger partial charge in [-0.15, -0.1) is 11.3 Å². The highest BCUT2D eigenvalue weighted by molar-refractivity contribution is 7.19. The first-order valence-electron chi connectivity index (χ1n) is 8.07. The number of rotatable bonds is 5. The number of benzene rings is 1. The van der Waals surface area contributed by atoms with Gasteiger partial charge in [-0.05, 0) is 31.0 Å². The maximum Gasteiger partial charge on any atom is 0.267 e. The standard InChI is InChI=1S/C19H21FN2OS/c1-12(2)10-21-19(23)17-9-18-16(8-13(3)24-18)22(17)11-14-6-4-5-7-15(14)20/h4-9,12H,10-11H2,1-3H3,(H,21,23). The van der Waals surface area contributed by atoms with Crippen LogP contribution in [0, 0.1) is 18.7 Å². The molecule has 1 aromatic carbocycles. The average Bonchev–Trinajstić information content (AvgIpc) is 3.04. The molecule has 3 aromatic rings. The number of fused-ring (bicyclic) bond motifs is 1. The fourth-order valence-electron chi connectivity index (χ4n) is 2.71. The topological polar surface area (TPSA) is 34.0 Å². The Morgan fingerprint density at radius 1 is 1.29 bits per heavy atom. The Hall–Kier alpha value is -2.14. The Bertz CT molecular complexity index is 879. The van der Waals surface area contributed by atoms with Crippen molar-refractivity contribution in [2.45, 2.75) is 27.3 Å². The third kappa shape index (κ3) is 3.36. The van der Waals surface area contributed by atoms with Gasteiger partial charge in [0.2, 0.25) is 0 Å². The molecule has 0 spiro atoms.